The molecule has 2 aliphatic rings. The van der Waals surface area contributed by atoms with Gasteiger partial charge in [-0.3, -0.25) is 4.90 Å². The van der Waals surface area contributed by atoms with Gasteiger partial charge in [-0.25, -0.2) is 0 Å². The van der Waals surface area contributed by atoms with E-state index in [0.29, 0.717) is 6.04 Å². The Morgan fingerprint density at radius 2 is 2.06 bits per heavy atom. The lowest BCUT2D eigenvalue weighted by Gasteiger charge is -2.35. The molecule has 0 fully saturated rings. The summed E-state index contributed by atoms with van der Waals surface area (Å²) in [5, 5.41) is 2.25. The lowest BCUT2D eigenvalue weighted by Crippen LogP contribution is -2.34. The third-order valence-electron chi connectivity index (χ3n) is 3.91. The molecule has 2 heteroatoms. The van der Waals surface area contributed by atoms with Gasteiger partial charge in [0.05, 0.1) is 0 Å². The van der Waals surface area contributed by atoms with E-state index in [9.17, 15) is 0 Å². The molecule has 0 saturated heterocycles. The van der Waals surface area contributed by atoms with Crippen LogP contribution < -0.4 is 0 Å². The molecule has 1 aromatic carbocycles. The van der Waals surface area contributed by atoms with Gasteiger partial charge < -0.3 is 0 Å². The first kappa shape index (κ1) is 12.1. The van der Waals surface area contributed by atoms with Gasteiger partial charge in [0.2, 0.25) is 0 Å². The van der Waals surface area contributed by atoms with Gasteiger partial charge in [-0.05, 0) is 41.2 Å². The van der Waals surface area contributed by atoms with Crippen LogP contribution in [0.4, 0.5) is 0 Å². The Kier molecular flexibility index (Phi) is 3.57. The molecule has 0 radical (unpaired) electrons. The number of rotatable bonds is 2. The summed E-state index contributed by atoms with van der Waals surface area (Å²) >= 11 is 1.93. The molecule has 1 atom stereocenters. The van der Waals surface area contributed by atoms with Crippen LogP contribution in [0.3, 0.4) is 0 Å². The minimum atomic E-state index is 0.524. The summed E-state index contributed by atoms with van der Waals surface area (Å²) in [5.74, 6) is 0. The molecule has 0 amide bonds. The van der Waals surface area contributed by atoms with Crippen molar-refractivity contribution < 1.29 is 0 Å². The number of benzene rings is 1. The number of hydrogen-bond donors (Lipinski definition) is 0. The first-order valence-corrected chi connectivity index (χ1v) is 7.54. The van der Waals surface area contributed by atoms with E-state index in [1.807, 2.05) is 11.8 Å². The van der Waals surface area contributed by atoms with Crippen LogP contribution in [-0.4, -0.2) is 18.0 Å². The summed E-state index contributed by atoms with van der Waals surface area (Å²) in [6.07, 6.45) is 4.67. The molecular weight excluding hydrogens is 238 g/mol. The molecule has 3 rings (SSSR count). The summed E-state index contributed by atoms with van der Waals surface area (Å²) in [7, 11) is 0. The molecule has 2 aliphatic heterocycles. The maximum atomic E-state index is 2.61. The van der Waals surface area contributed by atoms with E-state index in [2.05, 4.69) is 53.6 Å². The molecule has 0 aromatic heterocycles. The number of thioether (sulfide) groups is 1. The summed E-state index contributed by atoms with van der Waals surface area (Å²) in [5.41, 5.74) is 3.07. The highest BCUT2D eigenvalue weighted by Crippen LogP contribution is 2.36. The fraction of sp³-hybridized carbons (Fsp3) is 0.375. The summed E-state index contributed by atoms with van der Waals surface area (Å²) in [6.45, 7) is 4.66. The van der Waals surface area contributed by atoms with Gasteiger partial charge in [0.25, 0.3) is 0 Å². The van der Waals surface area contributed by atoms with Crippen LogP contribution in [0.1, 0.15) is 31.4 Å². The van der Waals surface area contributed by atoms with E-state index in [1.165, 1.54) is 18.5 Å². The number of nitrogens with zero attached hydrogens (tertiary/aromatic N) is 1. The lowest BCUT2D eigenvalue weighted by molar-refractivity contribution is 0.221. The van der Waals surface area contributed by atoms with E-state index in [1.54, 1.807) is 10.5 Å². The molecule has 1 nitrogen and oxygen atoms in total. The molecular formula is C16H19NS. The first-order chi connectivity index (χ1) is 8.84. The molecule has 0 aliphatic carbocycles. The first-order valence-electron chi connectivity index (χ1n) is 6.66. The largest absolute Gasteiger partial charge is 0.292 e. The normalized spacial score (nSPS) is 21.8. The monoisotopic (exact) mass is 257 g/mol. The minimum absolute atomic E-state index is 0.524. The molecule has 2 heterocycles. The molecule has 1 aromatic rings. The highest BCUT2D eigenvalue weighted by molar-refractivity contribution is 8.05. The Bertz CT molecular complexity index is 475. The van der Waals surface area contributed by atoms with Crippen LogP contribution in [0.15, 0.2) is 52.3 Å². The smallest absolute Gasteiger partial charge is 0.0323 e. The number of allylic oxidation sites excluding steroid dienone is 1. The van der Waals surface area contributed by atoms with Crippen molar-refractivity contribution in [1.82, 2.24) is 4.90 Å². The van der Waals surface area contributed by atoms with Gasteiger partial charge in [-0.15, -0.1) is 11.8 Å². The lowest BCUT2D eigenvalue weighted by atomic mass is 10.0. The average Bonchev–Trinajstić information content (AvgIpc) is 2.47. The van der Waals surface area contributed by atoms with Crippen molar-refractivity contribution in [3.8, 4) is 0 Å². The highest BCUT2D eigenvalue weighted by atomic mass is 32.2. The van der Waals surface area contributed by atoms with Gasteiger partial charge in [0.15, 0.2) is 0 Å². The summed E-state index contributed by atoms with van der Waals surface area (Å²) in [4.78, 5) is 4.22. The van der Waals surface area contributed by atoms with Crippen molar-refractivity contribution in [3.05, 3.63) is 57.9 Å². The van der Waals surface area contributed by atoms with Crippen LogP contribution in [0.2, 0.25) is 0 Å². The Morgan fingerprint density at radius 3 is 2.89 bits per heavy atom. The Morgan fingerprint density at radius 1 is 1.22 bits per heavy atom. The van der Waals surface area contributed by atoms with Gasteiger partial charge in [0, 0.05) is 19.1 Å². The Balaban J connectivity index is 1.74. The van der Waals surface area contributed by atoms with Crippen LogP contribution in [-0.2, 0) is 0 Å². The highest BCUT2D eigenvalue weighted by Gasteiger charge is 2.23. The van der Waals surface area contributed by atoms with Gasteiger partial charge in [-0.2, -0.15) is 0 Å². The third-order valence-corrected chi connectivity index (χ3v) is 5.02. The molecule has 94 valence electrons. The molecule has 0 N–H and O–H groups in total. The second-order valence-electron chi connectivity index (χ2n) is 5.03. The zero-order valence-electron chi connectivity index (χ0n) is 10.8. The van der Waals surface area contributed by atoms with Gasteiger partial charge in [-0.1, -0.05) is 36.4 Å². The standard InChI is InChI=1S/C16H19NS/c1-13(14-6-3-2-4-7-14)17-10-9-16-15(12-17)8-5-11-18-16/h2-7,11,13H,8-10,12H2,1H3. The fourth-order valence-electron chi connectivity index (χ4n) is 2.75. The van der Waals surface area contributed by atoms with Gasteiger partial charge in [0.1, 0.15) is 0 Å². The third kappa shape index (κ3) is 2.40. The quantitative estimate of drug-likeness (QED) is 0.774. The Hall–Kier alpha value is -0.990. The van der Waals surface area contributed by atoms with Crippen molar-refractivity contribution >= 4 is 11.8 Å². The molecule has 0 saturated carbocycles. The van der Waals surface area contributed by atoms with E-state index in [4.69, 9.17) is 0 Å². The minimum Gasteiger partial charge on any atom is -0.292 e. The van der Waals surface area contributed by atoms with E-state index in [-0.39, 0.29) is 0 Å². The summed E-state index contributed by atoms with van der Waals surface area (Å²) < 4.78 is 0. The van der Waals surface area contributed by atoms with E-state index < -0.39 is 0 Å². The van der Waals surface area contributed by atoms with Gasteiger partial charge >= 0.3 is 0 Å². The summed E-state index contributed by atoms with van der Waals surface area (Å²) in [6, 6.07) is 11.4. The zero-order valence-corrected chi connectivity index (χ0v) is 11.6. The Labute approximate surface area is 114 Å². The molecule has 0 bridgehead atoms. The molecule has 18 heavy (non-hydrogen) atoms. The van der Waals surface area contributed by atoms with Crippen molar-refractivity contribution in [1.29, 1.82) is 0 Å². The van der Waals surface area contributed by atoms with E-state index >= 15 is 0 Å². The SMILES string of the molecule is CC(c1ccccc1)N1CCC2=C(CC=CS2)C1. The second-order valence-corrected chi connectivity index (χ2v) is 6.03. The van der Waals surface area contributed by atoms with Crippen LogP contribution in [0.25, 0.3) is 0 Å². The second kappa shape index (κ2) is 5.33. The maximum absolute atomic E-state index is 2.61. The van der Waals surface area contributed by atoms with E-state index in [0.717, 1.165) is 13.0 Å². The van der Waals surface area contributed by atoms with Crippen LogP contribution in [0.5, 0.6) is 0 Å². The maximum Gasteiger partial charge on any atom is 0.0323 e. The molecule has 1 unspecified atom stereocenters. The van der Waals surface area contributed by atoms with Crippen molar-refractivity contribution in [2.24, 2.45) is 0 Å². The predicted molar refractivity (Wildman–Crippen MR) is 79.4 cm³/mol. The van der Waals surface area contributed by atoms with Crippen molar-refractivity contribution in [2.75, 3.05) is 13.1 Å². The van der Waals surface area contributed by atoms with Crippen LogP contribution in [0, 0.1) is 0 Å². The van der Waals surface area contributed by atoms with Crippen LogP contribution >= 0.6 is 11.8 Å². The topological polar surface area (TPSA) is 3.24 Å². The van der Waals surface area contributed by atoms with Crippen molar-refractivity contribution in [3.63, 3.8) is 0 Å². The zero-order chi connectivity index (χ0) is 12.4. The predicted octanol–water partition coefficient (Wildman–Crippen LogP) is 4.36. The van der Waals surface area contributed by atoms with Crippen molar-refractivity contribution in [2.45, 2.75) is 25.8 Å². The fourth-order valence-corrected chi connectivity index (χ4v) is 3.63. The molecule has 0 spiro atoms. The number of hydrogen-bond acceptors (Lipinski definition) is 2. The average molecular weight is 257 g/mol.